The number of rotatable bonds is 7. The van der Waals surface area contributed by atoms with Crippen LogP contribution in [0.2, 0.25) is 0 Å². The van der Waals surface area contributed by atoms with Crippen molar-refractivity contribution in [3.63, 3.8) is 0 Å². The molecule has 1 heterocycles. The first-order valence-corrected chi connectivity index (χ1v) is 7.15. The van der Waals surface area contributed by atoms with Crippen molar-refractivity contribution in [2.45, 2.75) is 0 Å². The summed E-state index contributed by atoms with van der Waals surface area (Å²) in [6.07, 6.45) is 0. The molecule has 1 amide bonds. The van der Waals surface area contributed by atoms with E-state index in [2.05, 4.69) is 10.6 Å². The standard InChI is InChI=1S/C14H18N2O2S/c1-18-9-8-15-6-7-16-14(17)12-10-19-13-5-3-2-4-11(12)13/h2-5,10,15H,6-9H2,1H3,(H,16,17). The molecule has 1 aromatic heterocycles. The minimum atomic E-state index is -0.00834. The van der Waals surface area contributed by atoms with Crippen LogP contribution in [0.25, 0.3) is 10.1 Å². The van der Waals surface area contributed by atoms with Crippen LogP contribution in [-0.2, 0) is 4.74 Å². The number of ether oxygens (including phenoxy) is 1. The van der Waals surface area contributed by atoms with E-state index in [1.54, 1.807) is 18.4 Å². The van der Waals surface area contributed by atoms with Gasteiger partial charge in [0, 0.05) is 42.2 Å². The van der Waals surface area contributed by atoms with Gasteiger partial charge in [0.05, 0.1) is 12.2 Å². The molecule has 4 nitrogen and oxygen atoms in total. The Morgan fingerprint density at radius 1 is 1.26 bits per heavy atom. The number of thiophene rings is 1. The molecule has 0 saturated carbocycles. The lowest BCUT2D eigenvalue weighted by molar-refractivity contribution is 0.0955. The first-order chi connectivity index (χ1) is 9.33. The molecule has 19 heavy (non-hydrogen) atoms. The molecule has 102 valence electrons. The normalized spacial score (nSPS) is 10.8. The highest BCUT2D eigenvalue weighted by Gasteiger charge is 2.10. The summed E-state index contributed by atoms with van der Waals surface area (Å²) >= 11 is 1.60. The lowest BCUT2D eigenvalue weighted by atomic mass is 10.1. The molecule has 2 aromatic rings. The highest BCUT2D eigenvalue weighted by Crippen LogP contribution is 2.25. The number of hydrogen-bond acceptors (Lipinski definition) is 4. The zero-order valence-electron chi connectivity index (χ0n) is 10.9. The monoisotopic (exact) mass is 278 g/mol. The molecule has 0 aliphatic carbocycles. The predicted octanol–water partition coefficient (Wildman–Crippen LogP) is 1.87. The summed E-state index contributed by atoms with van der Waals surface area (Å²) in [4.78, 5) is 12.1. The fraction of sp³-hybridized carbons (Fsp3) is 0.357. The van der Waals surface area contributed by atoms with Gasteiger partial charge >= 0.3 is 0 Å². The third-order valence-corrected chi connectivity index (χ3v) is 3.76. The van der Waals surface area contributed by atoms with Gasteiger partial charge in [-0.15, -0.1) is 11.3 Å². The number of carbonyl (C=O) groups is 1. The van der Waals surface area contributed by atoms with Gasteiger partial charge in [-0.1, -0.05) is 18.2 Å². The van der Waals surface area contributed by atoms with Gasteiger partial charge in [0.15, 0.2) is 0 Å². The van der Waals surface area contributed by atoms with Crippen molar-refractivity contribution in [3.05, 3.63) is 35.2 Å². The Morgan fingerprint density at radius 3 is 2.95 bits per heavy atom. The molecule has 0 saturated heterocycles. The molecule has 2 rings (SSSR count). The Bertz CT molecular complexity index is 539. The van der Waals surface area contributed by atoms with E-state index in [0.717, 1.165) is 28.7 Å². The van der Waals surface area contributed by atoms with Crippen LogP contribution in [0.5, 0.6) is 0 Å². The van der Waals surface area contributed by atoms with E-state index in [1.807, 2.05) is 29.6 Å². The van der Waals surface area contributed by atoms with E-state index >= 15 is 0 Å². The van der Waals surface area contributed by atoms with Crippen LogP contribution in [0.15, 0.2) is 29.6 Å². The third-order valence-electron chi connectivity index (χ3n) is 2.80. The maximum Gasteiger partial charge on any atom is 0.252 e. The average Bonchev–Trinajstić information content (AvgIpc) is 2.86. The maximum absolute atomic E-state index is 12.1. The zero-order chi connectivity index (χ0) is 13.5. The van der Waals surface area contributed by atoms with Gasteiger partial charge in [-0.2, -0.15) is 0 Å². The predicted molar refractivity (Wildman–Crippen MR) is 78.9 cm³/mol. The molecule has 0 bridgehead atoms. The minimum absolute atomic E-state index is 0.00834. The Hall–Kier alpha value is -1.43. The summed E-state index contributed by atoms with van der Waals surface area (Å²) in [7, 11) is 1.67. The summed E-state index contributed by atoms with van der Waals surface area (Å²) in [5.74, 6) is -0.00834. The number of benzene rings is 1. The minimum Gasteiger partial charge on any atom is -0.383 e. The summed E-state index contributed by atoms with van der Waals surface area (Å²) in [5, 5.41) is 9.05. The number of hydrogen-bond donors (Lipinski definition) is 2. The van der Waals surface area contributed by atoms with Crippen LogP contribution < -0.4 is 10.6 Å². The molecule has 0 radical (unpaired) electrons. The molecule has 0 fully saturated rings. The molecule has 0 atom stereocenters. The van der Waals surface area contributed by atoms with E-state index in [-0.39, 0.29) is 5.91 Å². The van der Waals surface area contributed by atoms with Gasteiger partial charge in [0.1, 0.15) is 0 Å². The van der Waals surface area contributed by atoms with Crippen molar-refractivity contribution in [3.8, 4) is 0 Å². The molecule has 0 unspecified atom stereocenters. The SMILES string of the molecule is COCCNCCNC(=O)c1csc2ccccc12. The van der Waals surface area contributed by atoms with E-state index in [0.29, 0.717) is 13.2 Å². The van der Waals surface area contributed by atoms with Crippen molar-refractivity contribution in [1.82, 2.24) is 10.6 Å². The first-order valence-electron chi connectivity index (χ1n) is 6.27. The Labute approximate surface area is 116 Å². The van der Waals surface area contributed by atoms with Crippen LogP contribution in [0.4, 0.5) is 0 Å². The largest absolute Gasteiger partial charge is 0.383 e. The summed E-state index contributed by atoms with van der Waals surface area (Å²) in [6, 6.07) is 7.96. The van der Waals surface area contributed by atoms with Crippen molar-refractivity contribution < 1.29 is 9.53 Å². The fourth-order valence-corrected chi connectivity index (χ4v) is 2.75. The molecular formula is C14H18N2O2S. The fourth-order valence-electron chi connectivity index (χ4n) is 1.81. The second-order valence-electron chi connectivity index (χ2n) is 4.14. The van der Waals surface area contributed by atoms with Crippen LogP contribution in [0.3, 0.4) is 0 Å². The Morgan fingerprint density at radius 2 is 2.11 bits per heavy atom. The Kier molecular flexibility index (Phi) is 5.32. The maximum atomic E-state index is 12.1. The van der Waals surface area contributed by atoms with Crippen LogP contribution in [0, 0.1) is 0 Å². The number of amides is 1. The quantitative estimate of drug-likeness (QED) is 0.760. The number of carbonyl (C=O) groups excluding carboxylic acids is 1. The average molecular weight is 278 g/mol. The van der Waals surface area contributed by atoms with Gasteiger partial charge in [-0.05, 0) is 6.07 Å². The van der Waals surface area contributed by atoms with Crippen molar-refractivity contribution in [2.75, 3.05) is 33.4 Å². The molecule has 1 aromatic carbocycles. The number of fused-ring (bicyclic) bond motifs is 1. The van der Waals surface area contributed by atoms with Gasteiger partial charge < -0.3 is 15.4 Å². The molecular weight excluding hydrogens is 260 g/mol. The highest BCUT2D eigenvalue weighted by atomic mass is 32.1. The van der Waals surface area contributed by atoms with Gasteiger partial charge in [0.25, 0.3) is 5.91 Å². The summed E-state index contributed by atoms with van der Waals surface area (Å²) in [6.45, 7) is 2.85. The van der Waals surface area contributed by atoms with Crippen LogP contribution in [-0.4, -0.2) is 39.3 Å². The summed E-state index contributed by atoms with van der Waals surface area (Å²) < 4.78 is 6.07. The molecule has 0 spiro atoms. The van der Waals surface area contributed by atoms with Crippen molar-refractivity contribution >= 4 is 27.3 Å². The topological polar surface area (TPSA) is 50.4 Å². The van der Waals surface area contributed by atoms with E-state index < -0.39 is 0 Å². The molecule has 0 aliphatic rings. The molecule has 2 N–H and O–H groups in total. The smallest absolute Gasteiger partial charge is 0.252 e. The van der Waals surface area contributed by atoms with E-state index in [1.165, 1.54) is 0 Å². The van der Waals surface area contributed by atoms with E-state index in [9.17, 15) is 4.79 Å². The van der Waals surface area contributed by atoms with Gasteiger partial charge in [-0.25, -0.2) is 0 Å². The van der Waals surface area contributed by atoms with Crippen molar-refractivity contribution in [1.29, 1.82) is 0 Å². The third kappa shape index (κ3) is 3.76. The van der Waals surface area contributed by atoms with Crippen LogP contribution in [0.1, 0.15) is 10.4 Å². The lowest BCUT2D eigenvalue weighted by Crippen LogP contribution is -2.32. The molecule has 0 aliphatic heterocycles. The second-order valence-corrected chi connectivity index (χ2v) is 5.06. The number of methoxy groups -OCH3 is 1. The summed E-state index contributed by atoms with van der Waals surface area (Å²) in [5.41, 5.74) is 0.762. The van der Waals surface area contributed by atoms with E-state index in [4.69, 9.17) is 4.74 Å². The molecule has 5 heteroatoms. The van der Waals surface area contributed by atoms with Crippen molar-refractivity contribution in [2.24, 2.45) is 0 Å². The Balaban J connectivity index is 1.83. The number of nitrogens with one attached hydrogen (secondary N) is 2. The van der Waals surface area contributed by atoms with Gasteiger partial charge in [-0.3, -0.25) is 4.79 Å². The second kappa shape index (κ2) is 7.23. The first kappa shape index (κ1) is 14.0. The lowest BCUT2D eigenvalue weighted by Gasteiger charge is -2.06. The van der Waals surface area contributed by atoms with Gasteiger partial charge in [0.2, 0.25) is 0 Å². The zero-order valence-corrected chi connectivity index (χ0v) is 11.8. The highest BCUT2D eigenvalue weighted by molar-refractivity contribution is 7.17. The van der Waals surface area contributed by atoms with Crippen LogP contribution >= 0.6 is 11.3 Å².